The summed E-state index contributed by atoms with van der Waals surface area (Å²) in [5.41, 5.74) is 2.47. The second-order valence-corrected chi connectivity index (χ2v) is 1.95. The van der Waals surface area contributed by atoms with Gasteiger partial charge < -0.3 is 5.32 Å². The van der Waals surface area contributed by atoms with Crippen LogP contribution in [0.15, 0.2) is 16.3 Å². The lowest BCUT2D eigenvalue weighted by molar-refractivity contribution is 0.809. The van der Waals surface area contributed by atoms with Crippen LogP contribution in [-0.2, 0) is 0 Å². The van der Waals surface area contributed by atoms with E-state index in [1.165, 1.54) is 11.3 Å². The minimum atomic E-state index is 0.739. The number of aliphatic imine (C=N–C) groups is 1. The third kappa shape index (κ3) is 0.886. The van der Waals surface area contributed by atoms with Crippen LogP contribution in [0.4, 0.5) is 0 Å². The highest BCUT2D eigenvalue weighted by Gasteiger charge is 1.95. The lowest BCUT2D eigenvalue weighted by Crippen LogP contribution is -2.16. The van der Waals surface area contributed by atoms with Gasteiger partial charge in [0.2, 0.25) is 0 Å². The van der Waals surface area contributed by atoms with Crippen molar-refractivity contribution in [1.29, 1.82) is 0 Å². The molecule has 0 unspecified atom stereocenters. The van der Waals surface area contributed by atoms with Crippen molar-refractivity contribution in [2.75, 3.05) is 6.67 Å². The molecular weight excluding hydrogens is 100 g/mol. The summed E-state index contributed by atoms with van der Waals surface area (Å²) in [5.74, 6) is 0. The molecule has 0 spiro atoms. The Bertz CT molecular complexity index is 145. The van der Waals surface area contributed by atoms with E-state index in [0.717, 1.165) is 6.67 Å². The molecule has 0 fully saturated rings. The molecule has 0 aliphatic carbocycles. The van der Waals surface area contributed by atoms with Gasteiger partial charge in [-0.05, 0) is 19.4 Å². The Morgan fingerprint density at radius 1 is 1.62 bits per heavy atom. The first-order chi connectivity index (χ1) is 3.80. The third-order valence-corrected chi connectivity index (χ3v) is 1.31. The number of hydrogen-bond donors (Lipinski definition) is 1. The average molecular weight is 110 g/mol. The SMILES string of the molecule is CC1=C(C)NCN=C1. The van der Waals surface area contributed by atoms with Gasteiger partial charge in [-0.1, -0.05) is 0 Å². The maximum absolute atomic E-state index is 4.01. The topological polar surface area (TPSA) is 24.4 Å². The summed E-state index contributed by atoms with van der Waals surface area (Å²) in [6, 6.07) is 0. The monoisotopic (exact) mass is 110 g/mol. The van der Waals surface area contributed by atoms with Crippen molar-refractivity contribution in [2.24, 2.45) is 4.99 Å². The van der Waals surface area contributed by atoms with Crippen molar-refractivity contribution in [3.8, 4) is 0 Å². The van der Waals surface area contributed by atoms with E-state index in [-0.39, 0.29) is 0 Å². The highest BCUT2D eigenvalue weighted by Crippen LogP contribution is 1.99. The summed E-state index contributed by atoms with van der Waals surface area (Å²) in [6.07, 6.45) is 1.89. The summed E-state index contributed by atoms with van der Waals surface area (Å²) in [4.78, 5) is 4.01. The molecule has 2 heteroatoms. The number of rotatable bonds is 0. The fraction of sp³-hybridized carbons (Fsp3) is 0.500. The van der Waals surface area contributed by atoms with Crippen LogP contribution in [0.2, 0.25) is 0 Å². The first-order valence-electron chi connectivity index (χ1n) is 2.72. The van der Waals surface area contributed by atoms with E-state index in [1.54, 1.807) is 0 Å². The molecule has 0 saturated heterocycles. The van der Waals surface area contributed by atoms with Gasteiger partial charge in [0.25, 0.3) is 0 Å². The van der Waals surface area contributed by atoms with Gasteiger partial charge in [0.1, 0.15) is 6.67 Å². The van der Waals surface area contributed by atoms with Crippen LogP contribution in [0.5, 0.6) is 0 Å². The summed E-state index contributed by atoms with van der Waals surface area (Å²) in [7, 11) is 0. The van der Waals surface area contributed by atoms with Crippen molar-refractivity contribution >= 4 is 6.21 Å². The Morgan fingerprint density at radius 3 is 2.75 bits per heavy atom. The van der Waals surface area contributed by atoms with Crippen LogP contribution in [-0.4, -0.2) is 12.9 Å². The predicted octanol–water partition coefficient (Wildman–Crippen LogP) is 0.912. The molecule has 44 valence electrons. The molecule has 0 aromatic rings. The molecule has 0 saturated carbocycles. The first-order valence-corrected chi connectivity index (χ1v) is 2.72. The Labute approximate surface area is 49.3 Å². The summed E-state index contributed by atoms with van der Waals surface area (Å²) >= 11 is 0. The van der Waals surface area contributed by atoms with Crippen molar-refractivity contribution < 1.29 is 0 Å². The lowest BCUT2D eigenvalue weighted by atomic mass is 10.2. The molecule has 1 aliphatic heterocycles. The Kier molecular flexibility index (Phi) is 1.33. The molecule has 0 atom stereocenters. The van der Waals surface area contributed by atoms with E-state index in [0.29, 0.717) is 0 Å². The molecule has 0 bridgehead atoms. The Morgan fingerprint density at radius 2 is 2.38 bits per heavy atom. The quantitative estimate of drug-likeness (QED) is 0.492. The van der Waals surface area contributed by atoms with Gasteiger partial charge in [-0.15, -0.1) is 0 Å². The molecule has 8 heavy (non-hydrogen) atoms. The van der Waals surface area contributed by atoms with Crippen LogP contribution >= 0.6 is 0 Å². The number of nitrogens with zero attached hydrogens (tertiary/aromatic N) is 1. The predicted molar refractivity (Wildman–Crippen MR) is 34.9 cm³/mol. The van der Waals surface area contributed by atoms with Gasteiger partial charge in [-0.25, -0.2) is 0 Å². The number of nitrogens with one attached hydrogen (secondary N) is 1. The lowest BCUT2D eigenvalue weighted by Gasteiger charge is -2.09. The van der Waals surface area contributed by atoms with Gasteiger partial charge in [-0.2, -0.15) is 0 Å². The molecule has 1 rings (SSSR count). The zero-order valence-electron chi connectivity index (χ0n) is 5.23. The minimum absolute atomic E-state index is 0.739. The summed E-state index contributed by atoms with van der Waals surface area (Å²) < 4.78 is 0. The summed E-state index contributed by atoms with van der Waals surface area (Å²) in [6.45, 7) is 4.84. The third-order valence-electron chi connectivity index (χ3n) is 1.31. The van der Waals surface area contributed by atoms with E-state index >= 15 is 0 Å². The molecular formula is C6H10N2. The van der Waals surface area contributed by atoms with Crippen molar-refractivity contribution in [1.82, 2.24) is 5.32 Å². The van der Waals surface area contributed by atoms with Gasteiger partial charge >= 0.3 is 0 Å². The first kappa shape index (κ1) is 5.35. The van der Waals surface area contributed by atoms with Crippen LogP contribution in [0.3, 0.4) is 0 Å². The molecule has 0 radical (unpaired) electrons. The van der Waals surface area contributed by atoms with Gasteiger partial charge in [0.05, 0.1) is 0 Å². The average Bonchev–Trinajstić information content (AvgIpc) is 1.77. The van der Waals surface area contributed by atoms with Gasteiger partial charge in [0.15, 0.2) is 0 Å². The van der Waals surface area contributed by atoms with E-state index in [1.807, 2.05) is 13.1 Å². The highest BCUT2D eigenvalue weighted by atomic mass is 15.0. The zero-order valence-corrected chi connectivity index (χ0v) is 5.23. The largest absolute Gasteiger partial charge is 0.370 e. The second-order valence-electron chi connectivity index (χ2n) is 1.95. The fourth-order valence-corrected chi connectivity index (χ4v) is 0.583. The molecule has 0 aromatic carbocycles. The fourth-order valence-electron chi connectivity index (χ4n) is 0.583. The van der Waals surface area contributed by atoms with Crippen molar-refractivity contribution in [3.63, 3.8) is 0 Å². The normalized spacial score (nSPS) is 18.8. The molecule has 2 nitrogen and oxygen atoms in total. The van der Waals surface area contributed by atoms with Gasteiger partial charge in [0, 0.05) is 11.9 Å². The van der Waals surface area contributed by atoms with E-state index < -0.39 is 0 Å². The smallest absolute Gasteiger partial charge is 0.107 e. The zero-order chi connectivity index (χ0) is 5.98. The maximum Gasteiger partial charge on any atom is 0.107 e. The van der Waals surface area contributed by atoms with Crippen LogP contribution in [0, 0.1) is 0 Å². The van der Waals surface area contributed by atoms with Crippen LogP contribution in [0.25, 0.3) is 0 Å². The second kappa shape index (κ2) is 1.99. The minimum Gasteiger partial charge on any atom is -0.370 e. The Hall–Kier alpha value is -0.790. The van der Waals surface area contributed by atoms with Crippen molar-refractivity contribution in [3.05, 3.63) is 11.3 Å². The molecule has 0 aromatic heterocycles. The van der Waals surface area contributed by atoms with Crippen LogP contribution < -0.4 is 5.32 Å². The molecule has 1 aliphatic rings. The standard InChI is InChI=1S/C6H10N2/c1-5-3-7-4-8-6(5)2/h3,8H,4H2,1-2H3. The summed E-state index contributed by atoms with van der Waals surface area (Å²) in [5, 5.41) is 3.11. The number of hydrogen-bond acceptors (Lipinski definition) is 2. The van der Waals surface area contributed by atoms with E-state index in [9.17, 15) is 0 Å². The van der Waals surface area contributed by atoms with Crippen LogP contribution in [0.1, 0.15) is 13.8 Å². The van der Waals surface area contributed by atoms with E-state index in [2.05, 4.69) is 17.2 Å². The van der Waals surface area contributed by atoms with E-state index in [4.69, 9.17) is 0 Å². The van der Waals surface area contributed by atoms with Crippen molar-refractivity contribution in [2.45, 2.75) is 13.8 Å². The number of allylic oxidation sites excluding steroid dienone is 2. The Balaban J connectivity index is 2.76. The molecule has 1 N–H and O–H groups in total. The molecule has 0 amide bonds. The maximum atomic E-state index is 4.01. The highest BCUT2D eigenvalue weighted by molar-refractivity contribution is 5.79. The molecule has 1 heterocycles. The van der Waals surface area contributed by atoms with Gasteiger partial charge in [-0.3, -0.25) is 4.99 Å².